The van der Waals surface area contributed by atoms with Crippen LogP contribution in [0.5, 0.6) is 0 Å². The van der Waals surface area contributed by atoms with Crippen LogP contribution in [0, 0.1) is 0 Å². The quantitative estimate of drug-likeness (QED) is 0.190. The van der Waals surface area contributed by atoms with E-state index in [1.165, 1.54) is 0 Å². The van der Waals surface area contributed by atoms with Gasteiger partial charge in [0.2, 0.25) is 0 Å². The van der Waals surface area contributed by atoms with E-state index in [-0.39, 0.29) is 0 Å². The Balaban J connectivity index is 2.19. The Morgan fingerprint density at radius 1 is 1.20 bits per heavy atom. The molecule has 0 fully saturated rings. The van der Waals surface area contributed by atoms with Crippen molar-refractivity contribution in [2.45, 2.75) is 0 Å². The second kappa shape index (κ2) is 4.19. The zero-order valence-electron chi connectivity index (χ0n) is 2.56. The van der Waals surface area contributed by atoms with E-state index >= 15 is 0 Å². The van der Waals surface area contributed by atoms with E-state index in [2.05, 4.69) is 9.66 Å². The second-order valence-corrected chi connectivity index (χ2v) is 1.01. The minimum atomic E-state index is 1.02. The molecule has 0 radical (unpaired) electrons. The van der Waals surface area contributed by atoms with Gasteiger partial charge in [-0.1, -0.05) is 0 Å². The molecule has 0 unspecified atom stereocenters. The van der Waals surface area contributed by atoms with Gasteiger partial charge in [0.25, 0.3) is 0 Å². The van der Waals surface area contributed by atoms with Crippen molar-refractivity contribution in [2.24, 2.45) is 11.7 Å². The van der Waals surface area contributed by atoms with Gasteiger partial charge in [0.1, 0.15) is 0 Å². The first kappa shape index (κ1) is 5.19. The van der Waals surface area contributed by atoms with E-state index < -0.39 is 0 Å². The Morgan fingerprint density at radius 2 is 1.60 bits per heavy atom. The number of hydrogen-bond donors (Lipinski definition) is 4. The smallest absolute Gasteiger partial charge is 0.0333 e. The molecule has 0 aromatic carbocycles. The first-order chi connectivity index (χ1) is 2.41. The molecule has 6 N–H and O–H groups in total. The highest BCUT2D eigenvalue weighted by Gasteiger charge is 1.61. The molecule has 0 aromatic rings. The SMILES string of the molecule is NNSNN. The van der Waals surface area contributed by atoms with Crippen LogP contribution >= 0.6 is 12.1 Å². The molecule has 0 aromatic heterocycles. The largest absolute Gasteiger partial charge is 0.261 e. The first-order valence-electron chi connectivity index (χ1n) is 0.986. The lowest BCUT2D eigenvalue weighted by Gasteiger charge is -1.86. The summed E-state index contributed by atoms with van der Waals surface area (Å²) in [4.78, 5) is 4.40. The van der Waals surface area contributed by atoms with E-state index in [0.29, 0.717) is 0 Å². The maximum atomic E-state index is 4.71. The average Bonchev–Trinajstić information content (AvgIpc) is 1.41. The van der Waals surface area contributed by atoms with Gasteiger partial charge < -0.3 is 0 Å². The van der Waals surface area contributed by atoms with E-state index in [1.807, 2.05) is 0 Å². The van der Waals surface area contributed by atoms with Crippen LogP contribution in [0.25, 0.3) is 0 Å². The van der Waals surface area contributed by atoms with Gasteiger partial charge in [0, 0.05) is 12.1 Å². The number of nitrogens with two attached hydrogens (primary N) is 2. The summed E-state index contributed by atoms with van der Waals surface area (Å²) in [5, 5.41) is 0. The highest BCUT2D eigenvalue weighted by molar-refractivity contribution is 7.95. The number of rotatable bonds is 2. The number of hydrogen-bond acceptors (Lipinski definition) is 5. The van der Waals surface area contributed by atoms with Crippen molar-refractivity contribution in [1.82, 2.24) is 9.66 Å². The Hall–Kier alpha value is 0.190. The molecule has 0 atom stereocenters. The highest BCUT2D eigenvalue weighted by Crippen LogP contribution is 1.65. The van der Waals surface area contributed by atoms with Gasteiger partial charge in [-0.3, -0.25) is 11.7 Å². The number of nitrogens with one attached hydrogen (secondary N) is 2. The molecule has 0 aliphatic rings. The van der Waals surface area contributed by atoms with Gasteiger partial charge in [-0.15, -0.1) is 0 Å². The van der Waals surface area contributed by atoms with Crippen LogP contribution in [0.1, 0.15) is 0 Å². The molecule has 4 nitrogen and oxygen atoms in total. The lowest BCUT2D eigenvalue weighted by atomic mass is 13.0. The molecule has 0 bridgehead atoms. The zero-order valence-corrected chi connectivity index (χ0v) is 3.38. The monoisotopic (exact) mass is 94.0 g/mol. The molecule has 0 amide bonds. The van der Waals surface area contributed by atoms with Crippen molar-refractivity contribution in [3.63, 3.8) is 0 Å². The molecule has 0 spiro atoms. The van der Waals surface area contributed by atoms with Crippen molar-refractivity contribution < 1.29 is 0 Å². The Kier molecular flexibility index (Phi) is 4.35. The molecule has 0 heterocycles. The van der Waals surface area contributed by atoms with Crippen molar-refractivity contribution >= 4 is 12.1 Å². The maximum absolute atomic E-state index is 4.71. The van der Waals surface area contributed by atoms with E-state index in [9.17, 15) is 0 Å². The Labute approximate surface area is 34.5 Å². The molecule has 0 rings (SSSR count). The lowest BCUT2D eigenvalue weighted by Crippen LogP contribution is -2.23. The molecule has 5 heavy (non-hydrogen) atoms. The molecule has 0 saturated carbocycles. The van der Waals surface area contributed by atoms with Crippen LogP contribution in [0.15, 0.2) is 0 Å². The Morgan fingerprint density at radius 3 is 1.60 bits per heavy atom. The van der Waals surface area contributed by atoms with Gasteiger partial charge in [0.05, 0.1) is 0 Å². The van der Waals surface area contributed by atoms with Crippen LogP contribution < -0.4 is 21.3 Å². The minimum absolute atomic E-state index is 1.02. The Bertz CT molecular complexity index is 11.1. The lowest BCUT2D eigenvalue weighted by molar-refractivity contribution is 1.05. The molecule has 32 valence electrons. The van der Waals surface area contributed by atoms with Crippen molar-refractivity contribution in [1.29, 1.82) is 0 Å². The van der Waals surface area contributed by atoms with Gasteiger partial charge in [-0.05, 0) is 0 Å². The average molecular weight is 94.1 g/mol. The molecular weight excluding hydrogens is 88.1 g/mol. The van der Waals surface area contributed by atoms with Crippen molar-refractivity contribution in [2.75, 3.05) is 0 Å². The minimum Gasteiger partial charge on any atom is -0.261 e. The topological polar surface area (TPSA) is 76.1 Å². The first-order valence-corrected chi connectivity index (χ1v) is 1.80. The summed E-state index contributed by atoms with van der Waals surface area (Å²) < 4.78 is 0. The predicted molar refractivity (Wildman–Crippen MR) is 22.2 cm³/mol. The second-order valence-electron chi connectivity index (χ2n) is 0.338. The third kappa shape index (κ3) is 4.19. The summed E-state index contributed by atoms with van der Waals surface area (Å²) in [5.41, 5.74) is 0. The fourth-order valence-electron chi connectivity index (χ4n) is 0.0340. The van der Waals surface area contributed by atoms with Gasteiger partial charge in [-0.2, -0.15) is 9.66 Å². The van der Waals surface area contributed by atoms with E-state index in [4.69, 9.17) is 11.7 Å². The van der Waals surface area contributed by atoms with E-state index in [0.717, 1.165) is 12.1 Å². The standard InChI is InChI=1S/H6N4S/c1-3-5-4-2/h3-4H,1-2H2. The molecular formula is H6N4S. The van der Waals surface area contributed by atoms with Crippen LogP contribution in [-0.4, -0.2) is 0 Å². The van der Waals surface area contributed by atoms with E-state index in [1.54, 1.807) is 0 Å². The summed E-state index contributed by atoms with van der Waals surface area (Å²) in [6, 6.07) is 0. The summed E-state index contributed by atoms with van der Waals surface area (Å²) in [6.45, 7) is 0. The molecule has 5 heteroatoms. The van der Waals surface area contributed by atoms with Crippen LogP contribution in [0.2, 0.25) is 0 Å². The summed E-state index contributed by atoms with van der Waals surface area (Å²) in [7, 11) is 0. The number of hydrazine groups is 2. The summed E-state index contributed by atoms with van der Waals surface area (Å²) in [5.74, 6) is 9.42. The molecule has 0 aliphatic carbocycles. The maximum Gasteiger partial charge on any atom is 0.0333 e. The summed E-state index contributed by atoms with van der Waals surface area (Å²) >= 11 is 1.02. The van der Waals surface area contributed by atoms with Crippen LogP contribution in [0.4, 0.5) is 0 Å². The molecule has 0 aliphatic heterocycles. The fraction of sp³-hybridized carbons (Fsp3) is 0. The highest BCUT2D eigenvalue weighted by atomic mass is 32.2. The summed E-state index contributed by atoms with van der Waals surface area (Å²) in [6.07, 6.45) is 0. The fourth-order valence-corrected chi connectivity index (χ4v) is 0.102. The van der Waals surface area contributed by atoms with Crippen LogP contribution in [-0.2, 0) is 0 Å². The van der Waals surface area contributed by atoms with Gasteiger partial charge in [0.15, 0.2) is 0 Å². The third-order valence-corrected chi connectivity index (χ3v) is 0.354. The zero-order chi connectivity index (χ0) is 4.12. The third-order valence-electron chi connectivity index (χ3n) is 0.118. The molecule has 0 saturated heterocycles. The van der Waals surface area contributed by atoms with Gasteiger partial charge >= 0.3 is 0 Å². The normalized spacial score (nSPS) is 8.40. The van der Waals surface area contributed by atoms with Gasteiger partial charge in [-0.25, -0.2) is 0 Å². The van der Waals surface area contributed by atoms with Crippen LogP contribution in [0.3, 0.4) is 0 Å². The van der Waals surface area contributed by atoms with Crippen molar-refractivity contribution in [3.8, 4) is 0 Å². The van der Waals surface area contributed by atoms with Crippen molar-refractivity contribution in [3.05, 3.63) is 0 Å². The predicted octanol–water partition coefficient (Wildman–Crippen LogP) is -1.52.